The van der Waals surface area contributed by atoms with E-state index >= 15 is 0 Å². The Labute approximate surface area is 133 Å². The molecule has 0 unspecified atom stereocenters. The highest BCUT2D eigenvalue weighted by molar-refractivity contribution is 6.01. The number of alkyl halides is 3. The van der Waals surface area contributed by atoms with Crippen molar-refractivity contribution in [1.29, 1.82) is 0 Å². The molecule has 0 saturated carbocycles. The average Bonchev–Trinajstić information content (AvgIpc) is 2.71. The van der Waals surface area contributed by atoms with E-state index in [0.29, 0.717) is 18.7 Å². The number of carbonyl (C=O) groups is 1. The fraction of sp³-hybridized carbons (Fsp3) is 0.533. The Morgan fingerprint density at radius 1 is 1.32 bits per heavy atom. The van der Waals surface area contributed by atoms with E-state index in [1.165, 1.54) is 6.07 Å². The molecule has 3 nitrogen and oxygen atoms in total. The minimum atomic E-state index is -4.50. The van der Waals surface area contributed by atoms with Crippen LogP contribution in [-0.4, -0.2) is 29.9 Å². The lowest BCUT2D eigenvalue weighted by molar-refractivity contribution is -0.137. The van der Waals surface area contributed by atoms with Crippen molar-refractivity contribution < 1.29 is 18.0 Å². The van der Waals surface area contributed by atoms with Crippen molar-refractivity contribution in [2.75, 3.05) is 13.1 Å². The highest BCUT2D eigenvalue weighted by Gasteiger charge is 2.48. The molecular weight excluding hydrogens is 317 g/mol. The van der Waals surface area contributed by atoms with Gasteiger partial charge in [0, 0.05) is 19.1 Å². The van der Waals surface area contributed by atoms with Gasteiger partial charge < -0.3 is 10.2 Å². The lowest BCUT2D eigenvalue weighted by Crippen LogP contribution is -2.53. The Morgan fingerprint density at radius 3 is 2.59 bits per heavy atom. The number of nitrogens with one attached hydrogen (secondary N) is 1. The van der Waals surface area contributed by atoms with E-state index in [1.807, 2.05) is 13.8 Å². The number of hydrogen-bond donors (Lipinski definition) is 1. The first kappa shape index (κ1) is 17.1. The Bertz CT molecular complexity index is 589. The molecule has 22 heavy (non-hydrogen) atoms. The van der Waals surface area contributed by atoms with E-state index in [9.17, 15) is 18.0 Å². The maximum Gasteiger partial charge on any atom is 0.417 e. The molecule has 7 heteroatoms. The summed E-state index contributed by atoms with van der Waals surface area (Å²) < 4.78 is 39.5. The second-order valence-electron chi connectivity index (χ2n) is 5.93. The minimum Gasteiger partial charge on any atom is -0.329 e. The maximum atomic E-state index is 13.2. The van der Waals surface area contributed by atoms with E-state index in [0.717, 1.165) is 6.07 Å². The molecule has 2 aliphatic rings. The summed E-state index contributed by atoms with van der Waals surface area (Å²) in [5.74, 6) is -0.263. The summed E-state index contributed by atoms with van der Waals surface area (Å²) in [5, 5.41) is 3.33. The lowest BCUT2D eigenvalue weighted by Gasteiger charge is -2.40. The molecule has 1 aromatic rings. The van der Waals surface area contributed by atoms with Crippen LogP contribution in [-0.2, 0) is 6.18 Å². The molecular formula is C15H18ClF3N2O. The van der Waals surface area contributed by atoms with Crippen LogP contribution in [0.15, 0.2) is 18.2 Å². The third-order valence-corrected chi connectivity index (χ3v) is 4.32. The number of fused-ring (bicyclic) bond motifs is 3. The zero-order valence-electron chi connectivity index (χ0n) is 12.3. The third kappa shape index (κ3) is 2.48. The summed E-state index contributed by atoms with van der Waals surface area (Å²) in [6.07, 6.45) is -4.50. The van der Waals surface area contributed by atoms with Gasteiger partial charge in [0.05, 0.1) is 17.2 Å². The van der Waals surface area contributed by atoms with Gasteiger partial charge >= 0.3 is 6.18 Å². The van der Waals surface area contributed by atoms with Gasteiger partial charge in [0.1, 0.15) is 0 Å². The summed E-state index contributed by atoms with van der Waals surface area (Å²) in [6.45, 7) is 5.08. The number of benzene rings is 1. The number of halogens is 4. The van der Waals surface area contributed by atoms with Crippen molar-refractivity contribution in [2.45, 2.75) is 32.1 Å². The van der Waals surface area contributed by atoms with Crippen LogP contribution in [0, 0.1) is 5.92 Å². The fourth-order valence-corrected chi connectivity index (χ4v) is 3.42. The second-order valence-corrected chi connectivity index (χ2v) is 5.93. The standard InChI is InChI=1S/C15H17F3N2O.ClH/c1-8(2)12-13-9-4-3-5-10(15(16,17)18)11(9)14(21)20(13)7-6-19-12;/h3-5,8,12-13,19H,6-7H2,1-2H3;1H/t12-,13+;/m0./s1. The van der Waals surface area contributed by atoms with Crippen LogP contribution in [0.5, 0.6) is 0 Å². The van der Waals surface area contributed by atoms with Crippen molar-refractivity contribution in [2.24, 2.45) is 5.92 Å². The monoisotopic (exact) mass is 334 g/mol. The predicted molar refractivity (Wildman–Crippen MR) is 79.1 cm³/mol. The molecule has 0 spiro atoms. The van der Waals surface area contributed by atoms with Crippen LogP contribution >= 0.6 is 12.4 Å². The van der Waals surface area contributed by atoms with E-state index in [4.69, 9.17) is 0 Å². The molecule has 1 saturated heterocycles. The Kier molecular flexibility index (Phi) is 4.46. The zero-order chi connectivity index (χ0) is 15.4. The molecule has 1 N–H and O–H groups in total. The number of nitrogens with zero attached hydrogens (tertiary/aromatic N) is 1. The number of carbonyl (C=O) groups excluding carboxylic acids is 1. The zero-order valence-corrected chi connectivity index (χ0v) is 13.1. The van der Waals surface area contributed by atoms with Crippen LogP contribution in [0.1, 0.15) is 41.4 Å². The Balaban J connectivity index is 0.00000176. The first-order valence-electron chi connectivity index (χ1n) is 7.07. The topological polar surface area (TPSA) is 32.3 Å². The Morgan fingerprint density at radius 2 is 2.00 bits per heavy atom. The van der Waals surface area contributed by atoms with Crippen LogP contribution in [0.25, 0.3) is 0 Å². The molecule has 1 aromatic carbocycles. The number of piperazine rings is 1. The third-order valence-electron chi connectivity index (χ3n) is 4.32. The molecule has 2 heterocycles. The van der Waals surface area contributed by atoms with Gasteiger partial charge in [-0.15, -0.1) is 12.4 Å². The van der Waals surface area contributed by atoms with E-state index < -0.39 is 17.6 Å². The highest BCUT2D eigenvalue weighted by Crippen LogP contribution is 2.44. The van der Waals surface area contributed by atoms with E-state index in [2.05, 4.69) is 5.32 Å². The van der Waals surface area contributed by atoms with Crippen LogP contribution in [0.3, 0.4) is 0 Å². The molecule has 122 valence electrons. The van der Waals surface area contributed by atoms with Gasteiger partial charge in [-0.2, -0.15) is 13.2 Å². The van der Waals surface area contributed by atoms with Crippen molar-refractivity contribution in [1.82, 2.24) is 10.2 Å². The molecule has 0 radical (unpaired) electrons. The summed E-state index contributed by atoms with van der Waals surface area (Å²) >= 11 is 0. The van der Waals surface area contributed by atoms with Crippen molar-refractivity contribution in [3.8, 4) is 0 Å². The second kappa shape index (κ2) is 5.74. The number of amides is 1. The maximum absolute atomic E-state index is 13.2. The van der Waals surface area contributed by atoms with Gasteiger partial charge in [-0.1, -0.05) is 26.0 Å². The van der Waals surface area contributed by atoms with Crippen LogP contribution in [0.2, 0.25) is 0 Å². The molecule has 1 fully saturated rings. The van der Waals surface area contributed by atoms with Gasteiger partial charge in [0.25, 0.3) is 5.91 Å². The first-order valence-corrected chi connectivity index (χ1v) is 7.07. The molecule has 3 rings (SSSR count). The van der Waals surface area contributed by atoms with Gasteiger partial charge in [0.2, 0.25) is 0 Å². The van der Waals surface area contributed by atoms with Crippen LogP contribution in [0.4, 0.5) is 13.2 Å². The lowest BCUT2D eigenvalue weighted by atomic mass is 9.88. The van der Waals surface area contributed by atoms with Gasteiger partial charge in [-0.25, -0.2) is 0 Å². The summed E-state index contributed by atoms with van der Waals surface area (Å²) in [5.41, 5.74) is -0.480. The van der Waals surface area contributed by atoms with E-state index in [-0.39, 0.29) is 36.0 Å². The summed E-state index contributed by atoms with van der Waals surface area (Å²) in [4.78, 5) is 14.0. The van der Waals surface area contributed by atoms with Crippen molar-refractivity contribution >= 4 is 18.3 Å². The summed E-state index contributed by atoms with van der Waals surface area (Å²) in [6, 6.07) is 3.71. The smallest absolute Gasteiger partial charge is 0.329 e. The fourth-order valence-electron chi connectivity index (χ4n) is 3.42. The van der Waals surface area contributed by atoms with Gasteiger partial charge in [0.15, 0.2) is 0 Å². The van der Waals surface area contributed by atoms with E-state index in [1.54, 1.807) is 11.0 Å². The molecule has 2 aliphatic heterocycles. The minimum absolute atomic E-state index is 0. The van der Waals surface area contributed by atoms with Gasteiger partial charge in [-0.05, 0) is 17.5 Å². The predicted octanol–water partition coefficient (Wildman–Crippen LogP) is 3.25. The summed E-state index contributed by atoms with van der Waals surface area (Å²) in [7, 11) is 0. The molecule has 0 aliphatic carbocycles. The van der Waals surface area contributed by atoms with Crippen LogP contribution < -0.4 is 5.32 Å². The largest absolute Gasteiger partial charge is 0.417 e. The van der Waals surface area contributed by atoms with Gasteiger partial charge in [-0.3, -0.25) is 4.79 Å². The normalized spacial score (nSPS) is 24.1. The molecule has 2 atom stereocenters. The average molecular weight is 335 g/mol. The van der Waals surface area contributed by atoms with Crippen molar-refractivity contribution in [3.05, 3.63) is 34.9 Å². The Hall–Kier alpha value is -1.27. The molecule has 1 amide bonds. The first-order chi connectivity index (χ1) is 9.82. The number of hydrogen-bond acceptors (Lipinski definition) is 2. The quantitative estimate of drug-likeness (QED) is 0.855. The SMILES string of the molecule is CC(C)[C@@H]1NCCN2C(=O)c3c(cccc3C(F)(F)F)[C@H]12.Cl. The molecule has 0 aromatic heterocycles. The van der Waals surface area contributed by atoms with Crippen molar-refractivity contribution in [3.63, 3.8) is 0 Å². The number of rotatable bonds is 1. The molecule has 0 bridgehead atoms. The highest BCUT2D eigenvalue weighted by atomic mass is 35.5.